The van der Waals surface area contributed by atoms with Crippen molar-refractivity contribution in [2.45, 2.75) is 24.6 Å². The number of nitrogens with one attached hydrogen (secondary N) is 3. The van der Waals surface area contributed by atoms with E-state index in [-0.39, 0.29) is 11.6 Å². The number of imide groups is 1. The molecule has 7 nitrogen and oxygen atoms in total. The summed E-state index contributed by atoms with van der Waals surface area (Å²) in [6.45, 7) is 4.63. The number of halogens is 1. The number of carbonyl (C=O) groups excluding carboxylic acids is 2. The van der Waals surface area contributed by atoms with E-state index in [0.717, 1.165) is 18.2 Å². The van der Waals surface area contributed by atoms with Crippen LogP contribution < -0.4 is 16.0 Å². The Kier molecular flexibility index (Phi) is 7.79. The highest BCUT2D eigenvalue weighted by Gasteiger charge is 2.11. The van der Waals surface area contributed by atoms with E-state index in [9.17, 15) is 14.0 Å². The summed E-state index contributed by atoms with van der Waals surface area (Å²) in [5, 5.41) is 16.0. The summed E-state index contributed by atoms with van der Waals surface area (Å²) >= 11 is 2.35. The summed E-state index contributed by atoms with van der Waals surface area (Å²) in [6, 6.07) is 5.73. The second kappa shape index (κ2) is 10.1. The first-order valence-corrected chi connectivity index (χ1v) is 9.79. The van der Waals surface area contributed by atoms with Crippen LogP contribution in [0.3, 0.4) is 0 Å². The number of anilines is 2. The maximum atomic E-state index is 13.6. The van der Waals surface area contributed by atoms with Crippen LogP contribution in [-0.4, -0.2) is 34.4 Å². The highest BCUT2D eigenvalue weighted by atomic mass is 32.2. The lowest BCUT2D eigenvalue weighted by molar-refractivity contribution is -0.117. The Labute approximate surface area is 159 Å². The molecule has 0 radical (unpaired) electrons. The molecular weight excluding hydrogens is 377 g/mol. The lowest BCUT2D eigenvalue weighted by Gasteiger charge is -2.07. The molecule has 3 amide bonds. The van der Waals surface area contributed by atoms with Crippen LogP contribution in [0.15, 0.2) is 28.6 Å². The first kappa shape index (κ1) is 20.1. The normalized spacial score (nSPS) is 10.6. The molecule has 0 aliphatic carbocycles. The number of para-hydroxylation sites is 1. The zero-order valence-electron chi connectivity index (χ0n) is 14.4. The maximum Gasteiger partial charge on any atom is 0.321 e. The minimum atomic E-state index is -0.504. The second-order valence-corrected chi connectivity index (χ2v) is 7.95. The fourth-order valence-electron chi connectivity index (χ4n) is 1.80. The van der Waals surface area contributed by atoms with Gasteiger partial charge in [0.05, 0.1) is 11.4 Å². The predicted octanol–water partition coefficient (Wildman–Crippen LogP) is 3.38. The third-order valence-electron chi connectivity index (χ3n) is 3.11. The van der Waals surface area contributed by atoms with Gasteiger partial charge < -0.3 is 10.6 Å². The van der Waals surface area contributed by atoms with Crippen LogP contribution >= 0.6 is 23.1 Å². The third-order valence-corrected chi connectivity index (χ3v) is 5.08. The summed E-state index contributed by atoms with van der Waals surface area (Å²) in [7, 11) is 0. The fraction of sp³-hybridized carbons (Fsp3) is 0.375. The molecule has 2 aromatic rings. The Balaban J connectivity index is 1.74. The van der Waals surface area contributed by atoms with Crippen molar-refractivity contribution in [2.75, 3.05) is 17.6 Å². The van der Waals surface area contributed by atoms with Crippen molar-refractivity contribution >= 4 is 45.9 Å². The van der Waals surface area contributed by atoms with Crippen LogP contribution in [0.5, 0.6) is 0 Å². The maximum absolute atomic E-state index is 13.6. The van der Waals surface area contributed by atoms with E-state index in [0.29, 0.717) is 27.6 Å². The van der Waals surface area contributed by atoms with Crippen molar-refractivity contribution in [3.05, 3.63) is 30.1 Å². The molecule has 10 heteroatoms. The summed E-state index contributed by atoms with van der Waals surface area (Å²) < 4.78 is 14.1. The van der Waals surface area contributed by atoms with Crippen LogP contribution in [-0.2, 0) is 4.79 Å². The Morgan fingerprint density at radius 2 is 2.04 bits per heavy atom. The molecule has 26 heavy (non-hydrogen) atoms. The first-order chi connectivity index (χ1) is 12.4. The lowest BCUT2D eigenvalue weighted by atomic mass is 10.1. The molecule has 0 atom stereocenters. The molecule has 1 aromatic heterocycles. The van der Waals surface area contributed by atoms with Crippen molar-refractivity contribution in [1.29, 1.82) is 0 Å². The monoisotopic (exact) mass is 397 g/mol. The minimum Gasteiger partial charge on any atom is -0.338 e. The van der Waals surface area contributed by atoms with Gasteiger partial charge >= 0.3 is 6.03 Å². The van der Waals surface area contributed by atoms with E-state index in [4.69, 9.17) is 0 Å². The molecule has 0 spiro atoms. The summed E-state index contributed by atoms with van der Waals surface area (Å²) in [5.41, 5.74) is 0.302. The van der Waals surface area contributed by atoms with Crippen LogP contribution in [0.25, 0.3) is 0 Å². The summed E-state index contributed by atoms with van der Waals surface area (Å²) in [6.07, 6.45) is 0.846. The van der Waals surface area contributed by atoms with E-state index in [1.807, 2.05) is 0 Å². The van der Waals surface area contributed by atoms with E-state index < -0.39 is 11.9 Å². The molecule has 0 saturated carbocycles. The first-order valence-electron chi connectivity index (χ1n) is 7.99. The van der Waals surface area contributed by atoms with Gasteiger partial charge in [-0.3, -0.25) is 10.1 Å². The molecule has 0 saturated heterocycles. The highest BCUT2D eigenvalue weighted by Crippen LogP contribution is 2.28. The largest absolute Gasteiger partial charge is 0.338 e. The van der Waals surface area contributed by atoms with Crippen molar-refractivity contribution in [2.24, 2.45) is 5.92 Å². The number of nitrogens with zero attached hydrogens (tertiary/aromatic N) is 2. The van der Waals surface area contributed by atoms with Gasteiger partial charge in [-0.25, -0.2) is 9.18 Å². The number of thioether (sulfide) groups is 1. The fourth-order valence-corrected chi connectivity index (χ4v) is 3.37. The number of urea groups is 1. The van der Waals surface area contributed by atoms with Gasteiger partial charge in [0.25, 0.3) is 0 Å². The van der Waals surface area contributed by atoms with Gasteiger partial charge in [-0.2, -0.15) is 0 Å². The zero-order chi connectivity index (χ0) is 18.9. The van der Waals surface area contributed by atoms with E-state index in [1.54, 1.807) is 18.2 Å². The van der Waals surface area contributed by atoms with E-state index >= 15 is 0 Å². The average molecular weight is 398 g/mol. The SMILES string of the molecule is CC(C)CCNC(=O)NC(=O)CSc1nnc(Nc2ccccc2F)s1. The van der Waals surface area contributed by atoms with Gasteiger partial charge in [0.2, 0.25) is 11.0 Å². The number of carbonyl (C=O) groups is 2. The van der Waals surface area contributed by atoms with E-state index in [2.05, 4.69) is 40.0 Å². The van der Waals surface area contributed by atoms with Gasteiger partial charge in [0.15, 0.2) is 4.34 Å². The Bertz CT molecular complexity index is 754. The number of benzene rings is 1. The molecular formula is C16H20FN5O2S2. The number of aromatic nitrogens is 2. The Hall–Kier alpha value is -2.20. The van der Waals surface area contributed by atoms with Crippen LogP contribution in [0.4, 0.5) is 20.0 Å². The summed E-state index contributed by atoms with van der Waals surface area (Å²) in [4.78, 5) is 23.3. The Morgan fingerprint density at radius 3 is 2.77 bits per heavy atom. The van der Waals surface area contributed by atoms with Crippen LogP contribution in [0, 0.1) is 11.7 Å². The van der Waals surface area contributed by atoms with Crippen LogP contribution in [0.2, 0.25) is 0 Å². The minimum absolute atomic E-state index is 0.0337. The Morgan fingerprint density at radius 1 is 1.27 bits per heavy atom. The zero-order valence-corrected chi connectivity index (χ0v) is 16.0. The molecule has 0 bridgehead atoms. The summed E-state index contributed by atoms with van der Waals surface area (Å²) in [5.74, 6) is -0.298. The highest BCUT2D eigenvalue weighted by molar-refractivity contribution is 8.01. The topological polar surface area (TPSA) is 96.0 Å². The van der Waals surface area contributed by atoms with Gasteiger partial charge in [0.1, 0.15) is 5.82 Å². The van der Waals surface area contributed by atoms with Crippen molar-refractivity contribution in [1.82, 2.24) is 20.8 Å². The van der Waals surface area contributed by atoms with Crippen LogP contribution in [0.1, 0.15) is 20.3 Å². The molecule has 0 fully saturated rings. The number of hydrogen-bond donors (Lipinski definition) is 3. The van der Waals surface area contributed by atoms with Gasteiger partial charge in [-0.1, -0.05) is 49.1 Å². The lowest BCUT2D eigenvalue weighted by Crippen LogP contribution is -2.40. The van der Waals surface area contributed by atoms with Crippen molar-refractivity contribution in [3.63, 3.8) is 0 Å². The van der Waals surface area contributed by atoms with Crippen molar-refractivity contribution in [3.8, 4) is 0 Å². The number of hydrogen-bond acceptors (Lipinski definition) is 7. The molecule has 3 N–H and O–H groups in total. The third kappa shape index (κ3) is 6.96. The molecule has 140 valence electrons. The molecule has 0 aliphatic heterocycles. The van der Waals surface area contributed by atoms with Gasteiger partial charge in [0, 0.05) is 6.54 Å². The number of rotatable bonds is 8. The molecule has 0 aliphatic rings. The molecule has 1 aromatic carbocycles. The van der Waals surface area contributed by atoms with Crippen molar-refractivity contribution < 1.29 is 14.0 Å². The van der Waals surface area contributed by atoms with E-state index in [1.165, 1.54) is 17.4 Å². The molecule has 1 heterocycles. The predicted molar refractivity (Wildman–Crippen MR) is 101 cm³/mol. The standard InChI is InChI=1S/C16H20FN5O2S2/c1-10(2)7-8-18-14(24)20-13(23)9-25-16-22-21-15(26-16)19-12-6-4-3-5-11(12)17/h3-6,10H,7-9H2,1-2H3,(H,19,21)(H2,18,20,23,24). The smallest absolute Gasteiger partial charge is 0.321 e. The van der Waals surface area contributed by atoms with Gasteiger partial charge in [-0.15, -0.1) is 10.2 Å². The molecule has 0 unspecified atom stereocenters. The number of amides is 3. The molecule has 2 rings (SSSR count). The quantitative estimate of drug-likeness (QED) is 0.591. The average Bonchev–Trinajstić information content (AvgIpc) is 3.02. The van der Waals surface area contributed by atoms with Gasteiger partial charge in [-0.05, 0) is 24.5 Å². The second-order valence-electron chi connectivity index (χ2n) is 5.75.